The maximum absolute atomic E-state index is 11.5. The van der Waals surface area contributed by atoms with Gasteiger partial charge in [-0.1, -0.05) is 0 Å². The Morgan fingerprint density at radius 3 is 2.48 bits per heavy atom. The highest BCUT2D eigenvalue weighted by atomic mass is 16.5. The number of carboxylic acid groups (broad SMARTS) is 1. The van der Waals surface area contributed by atoms with Crippen LogP contribution in [-0.2, 0) is 7.05 Å². The molecule has 130 valence electrons. The molecule has 0 aliphatic carbocycles. The number of nitrogens with zero attached hydrogens (tertiary/aromatic N) is 3. The molecular weight excluding hydrogens is 322 g/mol. The van der Waals surface area contributed by atoms with Crippen LogP contribution in [0.4, 0.5) is 0 Å². The van der Waals surface area contributed by atoms with Gasteiger partial charge in [-0.05, 0) is 32.0 Å². The number of carbonyl (C=O) groups is 1. The lowest BCUT2D eigenvalue weighted by molar-refractivity contribution is 0.0691. The van der Waals surface area contributed by atoms with Gasteiger partial charge in [0.15, 0.2) is 11.3 Å². The zero-order valence-corrected chi connectivity index (χ0v) is 14.7. The van der Waals surface area contributed by atoms with E-state index in [9.17, 15) is 9.90 Å². The minimum absolute atomic E-state index is 0.0407. The summed E-state index contributed by atoms with van der Waals surface area (Å²) in [5.74, 6) is 0.241. The first-order valence-electron chi connectivity index (χ1n) is 7.68. The summed E-state index contributed by atoms with van der Waals surface area (Å²) in [6, 6.07) is 5.26. The maximum Gasteiger partial charge on any atom is 0.354 e. The van der Waals surface area contributed by atoms with Crippen molar-refractivity contribution in [2.75, 3.05) is 14.2 Å². The van der Waals surface area contributed by atoms with Crippen molar-refractivity contribution in [3.8, 4) is 22.6 Å². The number of hydrogen-bond acceptors (Lipinski definition) is 5. The number of hydrogen-bond donors (Lipinski definition) is 1. The highest BCUT2D eigenvalue weighted by molar-refractivity contribution is 6.00. The topological polar surface area (TPSA) is 86.5 Å². The Balaban J connectivity index is 2.43. The molecule has 0 aliphatic rings. The molecule has 25 heavy (non-hydrogen) atoms. The normalized spacial score (nSPS) is 10.9. The second kappa shape index (κ2) is 6.08. The molecule has 1 N–H and O–H groups in total. The molecule has 0 fully saturated rings. The van der Waals surface area contributed by atoms with Gasteiger partial charge in [0, 0.05) is 29.1 Å². The van der Waals surface area contributed by atoms with Gasteiger partial charge in [0.1, 0.15) is 11.5 Å². The van der Waals surface area contributed by atoms with Crippen molar-refractivity contribution in [3.63, 3.8) is 0 Å². The van der Waals surface area contributed by atoms with Crippen molar-refractivity contribution < 1.29 is 19.4 Å². The van der Waals surface area contributed by atoms with Gasteiger partial charge in [-0.15, -0.1) is 0 Å². The van der Waals surface area contributed by atoms with E-state index >= 15 is 0 Å². The van der Waals surface area contributed by atoms with Crippen LogP contribution >= 0.6 is 0 Å². The fourth-order valence-electron chi connectivity index (χ4n) is 3.14. The second-order valence-electron chi connectivity index (χ2n) is 5.74. The molecular formula is C18H19N3O4. The summed E-state index contributed by atoms with van der Waals surface area (Å²) < 4.78 is 12.5. The van der Waals surface area contributed by atoms with E-state index in [1.54, 1.807) is 32.0 Å². The number of methoxy groups -OCH3 is 2. The van der Waals surface area contributed by atoms with Crippen LogP contribution in [0.3, 0.4) is 0 Å². The molecule has 0 amide bonds. The van der Waals surface area contributed by atoms with Crippen LogP contribution in [-0.4, -0.2) is 40.1 Å². The van der Waals surface area contributed by atoms with Gasteiger partial charge in [0.25, 0.3) is 0 Å². The minimum Gasteiger partial charge on any atom is -0.496 e. The second-order valence-corrected chi connectivity index (χ2v) is 5.74. The van der Waals surface area contributed by atoms with Gasteiger partial charge >= 0.3 is 5.97 Å². The van der Waals surface area contributed by atoms with Gasteiger partial charge < -0.3 is 14.6 Å². The summed E-state index contributed by atoms with van der Waals surface area (Å²) in [5.41, 5.74) is 3.57. The molecule has 0 unspecified atom stereocenters. The summed E-state index contributed by atoms with van der Waals surface area (Å²) >= 11 is 0. The smallest absolute Gasteiger partial charge is 0.354 e. The largest absolute Gasteiger partial charge is 0.496 e. The fourth-order valence-corrected chi connectivity index (χ4v) is 3.14. The van der Waals surface area contributed by atoms with Gasteiger partial charge in [-0.25, -0.2) is 9.78 Å². The van der Waals surface area contributed by atoms with Crippen molar-refractivity contribution in [1.29, 1.82) is 0 Å². The highest BCUT2D eigenvalue weighted by Gasteiger charge is 2.21. The fraction of sp³-hybridized carbons (Fsp3) is 0.278. The SMILES string of the molecule is COc1ccc(-c2cc(C(=O)O)nc3c2c(C)nn3C)c(OC)c1C. The van der Waals surface area contributed by atoms with Crippen molar-refractivity contribution in [3.05, 3.63) is 35.2 Å². The molecule has 0 spiro atoms. The van der Waals surface area contributed by atoms with Gasteiger partial charge in [0.05, 0.1) is 19.9 Å². The molecule has 0 saturated heterocycles. The molecule has 0 saturated carbocycles. The predicted octanol–water partition coefficient (Wildman–Crippen LogP) is 2.97. The molecule has 0 atom stereocenters. The average molecular weight is 341 g/mol. The summed E-state index contributed by atoms with van der Waals surface area (Å²) in [4.78, 5) is 15.8. The van der Waals surface area contributed by atoms with Crippen LogP contribution in [0.15, 0.2) is 18.2 Å². The summed E-state index contributed by atoms with van der Waals surface area (Å²) in [6.07, 6.45) is 0. The summed E-state index contributed by atoms with van der Waals surface area (Å²) in [5, 5.41) is 14.6. The molecule has 7 heteroatoms. The Hall–Kier alpha value is -3.09. The number of benzene rings is 1. The van der Waals surface area contributed by atoms with Crippen molar-refractivity contribution >= 4 is 17.0 Å². The number of pyridine rings is 1. The summed E-state index contributed by atoms with van der Waals surface area (Å²) in [6.45, 7) is 3.77. The van der Waals surface area contributed by atoms with Crippen LogP contribution in [0.2, 0.25) is 0 Å². The lowest BCUT2D eigenvalue weighted by Crippen LogP contribution is -2.04. The van der Waals surface area contributed by atoms with E-state index in [4.69, 9.17) is 9.47 Å². The van der Waals surface area contributed by atoms with Crippen LogP contribution < -0.4 is 9.47 Å². The Morgan fingerprint density at radius 1 is 1.16 bits per heavy atom. The minimum atomic E-state index is -1.09. The first-order valence-corrected chi connectivity index (χ1v) is 7.68. The summed E-state index contributed by atoms with van der Waals surface area (Å²) in [7, 11) is 4.92. The Bertz CT molecular complexity index is 992. The van der Waals surface area contributed by atoms with E-state index < -0.39 is 5.97 Å². The first kappa shape index (κ1) is 16.8. The van der Waals surface area contributed by atoms with Crippen LogP contribution in [0.5, 0.6) is 11.5 Å². The van der Waals surface area contributed by atoms with Crippen LogP contribution in [0.25, 0.3) is 22.2 Å². The lowest BCUT2D eigenvalue weighted by Gasteiger charge is -2.15. The lowest BCUT2D eigenvalue weighted by atomic mass is 9.97. The number of aromatic carboxylic acids is 1. The van der Waals surface area contributed by atoms with E-state index in [-0.39, 0.29) is 5.69 Å². The number of aryl methyl sites for hydroxylation is 2. The average Bonchev–Trinajstić information content (AvgIpc) is 2.88. The van der Waals surface area contributed by atoms with E-state index in [2.05, 4.69) is 10.1 Å². The van der Waals surface area contributed by atoms with Gasteiger partial charge in [-0.2, -0.15) is 5.10 Å². The molecule has 0 radical (unpaired) electrons. The standard InChI is InChI=1S/C18H19N3O4/c1-9-14(24-4)7-6-11(16(9)25-5)12-8-13(18(22)23)19-17-15(12)10(2)20-21(17)3/h6-8H,1-5H3,(H,22,23). The number of carboxylic acids is 1. The van der Waals surface area contributed by atoms with E-state index in [0.29, 0.717) is 17.1 Å². The highest BCUT2D eigenvalue weighted by Crippen LogP contribution is 2.41. The van der Waals surface area contributed by atoms with Gasteiger partial charge in [0.2, 0.25) is 0 Å². The zero-order chi connectivity index (χ0) is 18.3. The molecule has 0 bridgehead atoms. The number of ether oxygens (including phenoxy) is 2. The zero-order valence-electron chi connectivity index (χ0n) is 14.7. The molecule has 3 rings (SSSR count). The van der Waals surface area contributed by atoms with Crippen molar-refractivity contribution in [1.82, 2.24) is 14.8 Å². The molecule has 7 nitrogen and oxygen atoms in total. The number of aromatic nitrogens is 3. The third-order valence-electron chi connectivity index (χ3n) is 4.26. The maximum atomic E-state index is 11.5. The number of fused-ring (bicyclic) bond motifs is 1. The predicted molar refractivity (Wildman–Crippen MR) is 93.5 cm³/mol. The monoisotopic (exact) mass is 341 g/mol. The van der Waals surface area contributed by atoms with Crippen molar-refractivity contribution in [2.45, 2.75) is 13.8 Å². The third-order valence-corrected chi connectivity index (χ3v) is 4.26. The third kappa shape index (κ3) is 2.57. The molecule has 2 heterocycles. The Labute approximate surface area is 144 Å². The molecule has 3 aromatic rings. The number of rotatable bonds is 4. The van der Waals surface area contributed by atoms with Gasteiger partial charge in [-0.3, -0.25) is 4.68 Å². The van der Waals surface area contributed by atoms with Crippen LogP contribution in [0.1, 0.15) is 21.7 Å². The first-order chi connectivity index (χ1) is 11.9. The van der Waals surface area contributed by atoms with E-state index in [1.165, 1.54) is 0 Å². The van der Waals surface area contributed by atoms with Crippen molar-refractivity contribution in [2.24, 2.45) is 7.05 Å². The van der Waals surface area contributed by atoms with Crippen LogP contribution in [0, 0.1) is 13.8 Å². The quantitative estimate of drug-likeness (QED) is 0.785. The van der Waals surface area contributed by atoms with E-state index in [0.717, 1.165) is 27.8 Å². The molecule has 0 aliphatic heterocycles. The van der Waals surface area contributed by atoms with E-state index in [1.807, 2.05) is 26.0 Å². The molecule has 1 aromatic carbocycles. The Morgan fingerprint density at radius 2 is 1.88 bits per heavy atom. The Kier molecular flexibility index (Phi) is 4.08. The molecule has 2 aromatic heterocycles.